The molecular formula is C17H25N3O4. The number of nitrogens with zero attached hydrogens (tertiary/aromatic N) is 1. The third kappa shape index (κ3) is 4.10. The lowest BCUT2D eigenvalue weighted by atomic mass is 9.79. The van der Waals surface area contributed by atoms with E-state index in [1.165, 1.54) is 0 Å². The van der Waals surface area contributed by atoms with E-state index in [-0.39, 0.29) is 22.4 Å². The maximum absolute atomic E-state index is 11.8. The molecule has 0 spiro atoms. The Hall–Kier alpha value is -1.99. The first-order valence-electron chi connectivity index (χ1n) is 8.21. The van der Waals surface area contributed by atoms with Crippen molar-refractivity contribution in [2.45, 2.75) is 39.2 Å². The largest absolute Gasteiger partial charge is 0.381 e. The smallest absolute Gasteiger partial charge is 0.273 e. The molecule has 0 atom stereocenters. The van der Waals surface area contributed by atoms with Crippen LogP contribution in [0.1, 0.15) is 43.7 Å². The van der Waals surface area contributed by atoms with E-state index in [2.05, 4.69) is 5.32 Å². The van der Waals surface area contributed by atoms with Gasteiger partial charge in [-0.3, -0.25) is 14.9 Å². The van der Waals surface area contributed by atoms with E-state index in [4.69, 9.17) is 10.5 Å². The minimum Gasteiger partial charge on any atom is -0.381 e. The summed E-state index contributed by atoms with van der Waals surface area (Å²) in [6.45, 7) is 5.82. The molecule has 24 heavy (non-hydrogen) atoms. The van der Waals surface area contributed by atoms with E-state index in [9.17, 15) is 14.9 Å². The van der Waals surface area contributed by atoms with Gasteiger partial charge in [0.2, 0.25) is 5.91 Å². The van der Waals surface area contributed by atoms with Crippen molar-refractivity contribution in [2.75, 3.05) is 19.8 Å². The summed E-state index contributed by atoms with van der Waals surface area (Å²) in [7, 11) is 0. The molecule has 7 heteroatoms. The van der Waals surface area contributed by atoms with Gasteiger partial charge in [-0.25, -0.2) is 0 Å². The van der Waals surface area contributed by atoms with Crippen molar-refractivity contribution < 1.29 is 14.5 Å². The highest BCUT2D eigenvalue weighted by molar-refractivity contribution is 5.81. The van der Waals surface area contributed by atoms with Crippen LogP contribution >= 0.6 is 0 Å². The van der Waals surface area contributed by atoms with Crippen molar-refractivity contribution in [3.63, 3.8) is 0 Å². The first-order chi connectivity index (χ1) is 11.4. The molecule has 1 fully saturated rings. The average Bonchev–Trinajstić information content (AvgIpc) is 2.55. The second kappa shape index (κ2) is 7.72. The van der Waals surface area contributed by atoms with Gasteiger partial charge in [-0.1, -0.05) is 26.0 Å². The molecule has 1 saturated heterocycles. The Labute approximate surface area is 141 Å². The normalized spacial score (nSPS) is 17.0. The maximum atomic E-state index is 11.8. The molecule has 1 aliphatic heterocycles. The molecule has 2 rings (SSSR count). The highest BCUT2D eigenvalue weighted by Gasteiger charge is 2.37. The van der Waals surface area contributed by atoms with Crippen molar-refractivity contribution >= 4 is 11.6 Å². The summed E-state index contributed by atoms with van der Waals surface area (Å²) >= 11 is 0. The summed E-state index contributed by atoms with van der Waals surface area (Å²) in [6, 6.07) is 5.29. The van der Waals surface area contributed by atoms with Crippen LogP contribution in [0, 0.1) is 15.5 Å². The number of nitro benzene ring substituents is 1. The van der Waals surface area contributed by atoms with Crippen LogP contribution in [0.3, 0.4) is 0 Å². The number of nitrogens with two attached hydrogens (primary N) is 1. The van der Waals surface area contributed by atoms with Crippen molar-refractivity contribution in [3.05, 3.63) is 39.4 Å². The minimum atomic E-state index is -0.595. The van der Waals surface area contributed by atoms with Crippen LogP contribution in [0.25, 0.3) is 0 Å². The highest BCUT2D eigenvalue weighted by atomic mass is 16.6. The van der Waals surface area contributed by atoms with Gasteiger partial charge in [-0.15, -0.1) is 0 Å². The number of hydrogen-bond donors (Lipinski definition) is 2. The molecule has 0 unspecified atom stereocenters. The van der Waals surface area contributed by atoms with Crippen LogP contribution in [-0.2, 0) is 16.1 Å². The van der Waals surface area contributed by atoms with E-state index >= 15 is 0 Å². The second-order valence-electron chi connectivity index (χ2n) is 6.67. The number of carbonyl (C=O) groups excluding carboxylic acids is 1. The van der Waals surface area contributed by atoms with Crippen molar-refractivity contribution in [1.29, 1.82) is 0 Å². The number of rotatable bonds is 7. The predicted molar refractivity (Wildman–Crippen MR) is 90.6 cm³/mol. The van der Waals surface area contributed by atoms with Gasteiger partial charge in [0.05, 0.1) is 10.3 Å². The number of primary amides is 1. The van der Waals surface area contributed by atoms with Gasteiger partial charge in [-0.2, -0.15) is 0 Å². The molecule has 1 aliphatic rings. The standard InChI is InChI=1S/C17H25N3O4/c1-12(2)14-4-3-13(9-15(14)20(22)23)10-19-11-17(16(18)21)5-7-24-8-6-17/h3-4,9,12,19H,5-8,10-11H2,1-2H3,(H2,18,21). The highest BCUT2D eigenvalue weighted by Crippen LogP contribution is 2.30. The molecule has 0 aromatic heterocycles. The number of nitrogens with one attached hydrogen (secondary N) is 1. The SMILES string of the molecule is CC(C)c1ccc(CNCC2(C(N)=O)CCOCC2)cc1[N+](=O)[O-]. The lowest BCUT2D eigenvalue weighted by Crippen LogP contribution is -2.48. The van der Waals surface area contributed by atoms with Gasteiger partial charge in [-0.05, 0) is 24.3 Å². The Morgan fingerprint density at radius 3 is 2.62 bits per heavy atom. The maximum Gasteiger partial charge on any atom is 0.273 e. The van der Waals surface area contributed by atoms with Crippen LogP contribution in [-0.4, -0.2) is 30.6 Å². The van der Waals surface area contributed by atoms with Crippen LogP contribution in [0.15, 0.2) is 18.2 Å². The Morgan fingerprint density at radius 2 is 2.08 bits per heavy atom. The van der Waals surface area contributed by atoms with Crippen molar-refractivity contribution in [2.24, 2.45) is 11.1 Å². The molecule has 0 aliphatic carbocycles. The third-order valence-corrected chi connectivity index (χ3v) is 4.68. The van der Waals surface area contributed by atoms with Crippen LogP contribution in [0.4, 0.5) is 5.69 Å². The lowest BCUT2D eigenvalue weighted by Gasteiger charge is -2.34. The zero-order valence-electron chi connectivity index (χ0n) is 14.2. The second-order valence-corrected chi connectivity index (χ2v) is 6.67. The first-order valence-corrected chi connectivity index (χ1v) is 8.21. The van der Waals surface area contributed by atoms with Crippen LogP contribution < -0.4 is 11.1 Å². The number of benzene rings is 1. The lowest BCUT2D eigenvalue weighted by molar-refractivity contribution is -0.385. The molecule has 0 radical (unpaired) electrons. The number of nitro groups is 1. The molecule has 0 saturated carbocycles. The molecule has 1 aromatic rings. The summed E-state index contributed by atoms with van der Waals surface area (Å²) in [4.78, 5) is 22.7. The van der Waals surface area contributed by atoms with Gasteiger partial charge < -0.3 is 15.8 Å². The van der Waals surface area contributed by atoms with Crippen LogP contribution in [0.5, 0.6) is 0 Å². The van der Waals surface area contributed by atoms with Gasteiger partial charge in [0.25, 0.3) is 5.69 Å². The zero-order chi connectivity index (χ0) is 17.7. The summed E-state index contributed by atoms with van der Waals surface area (Å²) in [5.74, 6) is -0.229. The Morgan fingerprint density at radius 1 is 1.42 bits per heavy atom. The molecule has 1 heterocycles. The summed E-state index contributed by atoms with van der Waals surface area (Å²) in [5, 5.41) is 14.5. The fourth-order valence-corrected chi connectivity index (χ4v) is 3.06. The topological polar surface area (TPSA) is 107 Å². The number of amides is 1. The molecular weight excluding hydrogens is 310 g/mol. The molecule has 1 amide bonds. The van der Waals surface area contributed by atoms with E-state index in [0.717, 1.165) is 11.1 Å². The Balaban J connectivity index is 2.05. The predicted octanol–water partition coefficient (Wildman–Crippen LogP) is 2.09. The quantitative estimate of drug-likeness (QED) is 0.586. The van der Waals surface area contributed by atoms with E-state index in [0.29, 0.717) is 39.1 Å². The average molecular weight is 335 g/mol. The molecule has 1 aromatic carbocycles. The Bertz CT molecular complexity index is 610. The first kappa shape index (κ1) is 18.4. The summed E-state index contributed by atoms with van der Waals surface area (Å²) < 4.78 is 5.31. The minimum absolute atomic E-state index is 0.0905. The fourth-order valence-electron chi connectivity index (χ4n) is 3.06. The van der Waals surface area contributed by atoms with Crippen LogP contribution in [0.2, 0.25) is 0 Å². The molecule has 132 valence electrons. The summed E-state index contributed by atoms with van der Waals surface area (Å²) in [5.41, 5.74) is 6.66. The van der Waals surface area contributed by atoms with Gasteiger partial charge in [0.15, 0.2) is 0 Å². The number of ether oxygens (including phenoxy) is 1. The van der Waals surface area contributed by atoms with Crippen molar-refractivity contribution in [1.82, 2.24) is 5.32 Å². The summed E-state index contributed by atoms with van der Waals surface area (Å²) in [6.07, 6.45) is 1.20. The molecule has 0 bridgehead atoms. The van der Waals surface area contributed by atoms with Gasteiger partial charge in [0, 0.05) is 37.9 Å². The molecule has 7 nitrogen and oxygen atoms in total. The van der Waals surface area contributed by atoms with E-state index in [1.807, 2.05) is 19.9 Å². The number of carbonyl (C=O) groups is 1. The van der Waals surface area contributed by atoms with Gasteiger partial charge in [0.1, 0.15) is 0 Å². The molecule has 3 N–H and O–H groups in total. The zero-order valence-corrected chi connectivity index (χ0v) is 14.2. The van der Waals surface area contributed by atoms with E-state index in [1.54, 1.807) is 12.1 Å². The van der Waals surface area contributed by atoms with Crippen molar-refractivity contribution in [3.8, 4) is 0 Å². The monoisotopic (exact) mass is 335 g/mol. The fraction of sp³-hybridized carbons (Fsp3) is 0.588. The van der Waals surface area contributed by atoms with E-state index < -0.39 is 5.41 Å². The Kier molecular flexibility index (Phi) is 5.90. The third-order valence-electron chi connectivity index (χ3n) is 4.68. The number of hydrogen-bond acceptors (Lipinski definition) is 5. The van der Waals surface area contributed by atoms with Gasteiger partial charge >= 0.3 is 0 Å².